The second-order valence-corrected chi connectivity index (χ2v) is 7.67. The predicted molar refractivity (Wildman–Crippen MR) is 97.1 cm³/mol. The number of imidazole rings is 1. The standard InChI is InChI=1S/C17H21N7OS/c1-12-19-14(10-26-12)17(25)24-6-3-4-13(8-24)16-21-20-15(22(16)2)9-23-7-5-18-11-23/h5,7,10-11,13H,3-4,6,8-9H2,1-2H3/t13-/m0/s1. The molecule has 4 rings (SSSR count). The molecule has 8 nitrogen and oxygen atoms in total. The van der Waals surface area contributed by atoms with Gasteiger partial charge in [0.1, 0.15) is 11.5 Å². The highest BCUT2D eigenvalue weighted by Gasteiger charge is 2.29. The zero-order valence-electron chi connectivity index (χ0n) is 14.9. The van der Waals surface area contributed by atoms with Crippen molar-refractivity contribution < 1.29 is 4.79 Å². The monoisotopic (exact) mass is 371 g/mol. The molecular formula is C17H21N7OS. The second kappa shape index (κ2) is 6.99. The smallest absolute Gasteiger partial charge is 0.273 e. The molecule has 1 fully saturated rings. The molecule has 9 heteroatoms. The van der Waals surface area contributed by atoms with Crippen molar-refractivity contribution in [1.29, 1.82) is 0 Å². The lowest BCUT2D eigenvalue weighted by atomic mass is 9.97. The highest BCUT2D eigenvalue weighted by Crippen LogP contribution is 2.27. The second-order valence-electron chi connectivity index (χ2n) is 6.61. The Morgan fingerprint density at radius 1 is 1.38 bits per heavy atom. The summed E-state index contributed by atoms with van der Waals surface area (Å²) in [7, 11) is 1.99. The van der Waals surface area contributed by atoms with Crippen LogP contribution in [0.3, 0.4) is 0 Å². The number of aromatic nitrogens is 6. The molecule has 0 bridgehead atoms. The molecule has 0 aliphatic carbocycles. The van der Waals surface area contributed by atoms with Gasteiger partial charge >= 0.3 is 0 Å². The van der Waals surface area contributed by atoms with Crippen LogP contribution in [0.2, 0.25) is 0 Å². The van der Waals surface area contributed by atoms with Gasteiger partial charge in [0, 0.05) is 43.8 Å². The number of amides is 1. The molecule has 0 spiro atoms. The van der Waals surface area contributed by atoms with Gasteiger partial charge in [-0.05, 0) is 19.8 Å². The van der Waals surface area contributed by atoms with E-state index in [0.717, 1.165) is 36.0 Å². The summed E-state index contributed by atoms with van der Waals surface area (Å²) in [5, 5.41) is 11.5. The first kappa shape index (κ1) is 16.9. The van der Waals surface area contributed by atoms with E-state index in [0.29, 0.717) is 18.8 Å². The van der Waals surface area contributed by atoms with Crippen LogP contribution in [-0.2, 0) is 13.6 Å². The Labute approximate surface area is 155 Å². The number of carbonyl (C=O) groups is 1. The van der Waals surface area contributed by atoms with E-state index in [-0.39, 0.29) is 11.8 Å². The Hall–Kier alpha value is -2.55. The van der Waals surface area contributed by atoms with Gasteiger partial charge in [0.05, 0.1) is 17.9 Å². The van der Waals surface area contributed by atoms with E-state index in [1.807, 2.05) is 39.6 Å². The molecule has 0 N–H and O–H groups in total. The first-order valence-electron chi connectivity index (χ1n) is 8.67. The lowest BCUT2D eigenvalue weighted by molar-refractivity contribution is 0.0698. The predicted octanol–water partition coefficient (Wildman–Crippen LogP) is 1.84. The van der Waals surface area contributed by atoms with Crippen molar-refractivity contribution in [2.24, 2.45) is 7.05 Å². The number of piperidine rings is 1. The summed E-state index contributed by atoms with van der Waals surface area (Å²) in [6.45, 7) is 3.98. The van der Waals surface area contributed by atoms with E-state index in [1.54, 1.807) is 12.5 Å². The Morgan fingerprint density at radius 3 is 3.00 bits per heavy atom. The summed E-state index contributed by atoms with van der Waals surface area (Å²) in [5.74, 6) is 2.03. The van der Waals surface area contributed by atoms with Crippen molar-refractivity contribution in [3.05, 3.63) is 46.5 Å². The molecule has 1 aliphatic heterocycles. The van der Waals surface area contributed by atoms with Crippen LogP contribution in [0.15, 0.2) is 24.1 Å². The molecular weight excluding hydrogens is 350 g/mol. The third-order valence-electron chi connectivity index (χ3n) is 4.79. The topological polar surface area (TPSA) is 81.7 Å². The molecule has 4 heterocycles. The van der Waals surface area contributed by atoms with Gasteiger partial charge in [-0.15, -0.1) is 21.5 Å². The first-order valence-corrected chi connectivity index (χ1v) is 9.55. The average molecular weight is 371 g/mol. The van der Waals surface area contributed by atoms with Gasteiger partial charge in [-0.25, -0.2) is 9.97 Å². The quantitative estimate of drug-likeness (QED) is 0.699. The van der Waals surface area contributed by atoms with Crippen LogP contribution in [-0.4, -0.2) is 53.2 Å². The maximum atomic E-state index is 12.7. The highest BCUT2D eigenvalue weighted by atomic mass is 32.1. The summed E-state index contributed by atoms with van der Waals surface area (Å²) in [5.41, 5.74) is 0.548. The molecule has 0 aromatic carbocycles. The minimum Gasteiger partial charge on any atom is -0.337 e. The lowest BCUT2D eigenvalue weighted by Gasteiger charge is -2.31. The Morgan fingerprint density at radius 2 is 2.27 bits per heavy atom. The molecule has 3 aromatic rings. The maximum Gasteiger partial charge on any atom is 0.273 e. The van der Waals surface area contributed by atoms with E-state index in [9.17, 15) is 4.79 Å². The van der Waals surface area contributed by atoms with Crippen molar-refractivity contribution >= 4 is 17.2 Å². The molecule has 1 atom stereocenters. The summed E-state index contributed by atoms with van der Waals surface area (Å²) in [6, 6.07) is 0. The molecule has 0 radical (unpaired) electrons. The minimum absolute atomic E-state index is 0.0138. The number of hydrogen-bond acceptors (Lipinski definition) is 6. The average Bonchev–Trinajstić information content (AvgIpc) is 3.38. The van der Waals surface area contributed by atoms with Crippen molar-refractivity contribution in [3.63, 3.8) is 0 Å². The summed E-state index contributed by atoms with van der Waals surface area (Å²) in [6.07, 6.45) is 7.40. The molecule has 1 aliphatic rings. The van der Waals surface area contributed by atoms with Crippen molar-refractivity contribution in [2.45, 2.75) is 32.2 Å². The van der Waals surface area contributed by atoms with Crippen LogP contribution in [0, 0.1) is 6.92 Å². The maximum absolute atomic E-state index is 12.7. The van der Waals surface area contributed by atoms with Gasteiger partial charge in [0.2, 0.25) is 0 Å². The SMILES string of the molecule is Cc1nc(C(=O)N2CCC[C@H](c3nnc(Cn4ccnc4)n3C)C2)cs1. The fraction of sp³-hybridized carbons (Fsp3) is 0.471. The third-order valence-corrected chi connectivity index (χ3v) is 5.57. The Bertz CT molecular complexity index is 898. The Kier molecular flexibility index (Phi) is 4.54. The fourth-order valence-corrected chi connectivity index (χ4v) is 3.99. The normalized spacial score (nSPS) is 17.6. The summed E-state index contributed by atoms with van der Waals surface area (Å²) < 4.78 is 4.01. The van der Waals surface area contributed by atoms with E-state index in [2.05, 4.69) is 20.2 Å². The van der Waals surface area contributed by atoms with Crippen molar-refractivity contribution in [3.8, 4) is 0 Å². The number of hydrogen-bond donors (Lipinski definition) is 0. The molecule has 136 valence electrons. The fourth-order valence-electron chi connectivity index (χ4n) is 3.41. The third kappa shape index (κ3) is 3.26. The van der Waals surface area contributed by atoms with Gasteiger partial charge in [0.15, 0.2) is 5.82 Å². The summed E-state index contributed by atoms with van der Waals surface area (Å²) in [4.78, 5) is 23.0. The van der Waals surface area contributed by atoms with E-state index < -0.39 is 0 Å². The zero-order valence-corrected chi connectivity index (χ0v) is 15.7. The number of carbonyl (C=O) groups excluding carboxylic acids is 1. The molecule has 3 aromatic heterocycles. The van der Waals surface area contributed by atoms with E-state index >= 15 is 0 Å². The van der Waals surface area contributed by atoms with Crippen molar-refractivity contribution in [1.82, 2.24) is 34.2 Å². The van der Waals surface area contributed by atoms with Gasteiger partial charge < -0.3 is 14.0 Å². The first-order chi connectivity index (χ1) is 12.6. The number of aryl methyl sites for hydroxylation is 1. The van der Waals surface area contributed by atoms with Crippen LogP contribution < -0.4 is 0 Å². The van der Waals surface area contributed by atoms with Crippen molar-refractivity contribution in [2.75, 3.05) is 13.1 Å². The lowest BCUT2D eigenvalue weighted by Crippen LogP contribution is -2.39. The zero-order chi connectivity index (χ0) is 18.1. The molecule has 1 amide bonds. The van der Waals surface area contributed by atoms with Crippen LogP contribution >= 0.6 is 11.3 Å². The largest absolute Gasteiger partial charge is 0.337 e. The van der Waals surface area contributed by atoms with Crippen LogP contribution in [0.25, 0.3) is 0 Å². The van der Waals surface area contributed by atoms with Gasteiger partial charge in [-0.1, -0.05) is 0 Å². The van der Waals surface area contributed by atoms with Gasteiger partial charge in [-0.3, -0.25) is 4.79 Å². The van der Waals surface area contributed by atoms with E-state index in [4.69, 9.17) is 0 Å². The number of likely N-dealkylation sites (tertiary alicyclic amines) is 1. The Balaban J connectivity index is 1.49. The number of nitrogens with zero attached hydrogens (tertiary/aromatic N) is 7. The van der Waals surface area contributed by atoms with Crippen LogP contribution in [0.5, 0.6) is 0 Å². The highest BCUT2D eigenvalue weighted by molar-refractivity contribution is 7.09. The van der Waals surface area contributed by atoms with Crippen LogP contribution in [0.1, 0.15) is 45.9 Å². The van der Waals surface area contributed by atoms with Crippen LogP contribution in [0.4, 0.5) is 0 Å². The molecule has 0 unspecified atom stereocenters. The van der Waals surface area contributed by atoms with Gasteiger partial charge in [0.25, 0.3) is 5.91 Å². The minimum atomic E-state index is 0.0138. The number of rotatable bonds is 4. The molecule has 1 saturated heterocycles. The van der Waals surface area contributed by atoms with E-state index in [1.165, 1.54) is 11.3 Å². The number of thiazole rings is 1. The molecule has 26 heavy (non-hydrogen) atoms. The van der Waals surface area contributed by atoms with Gasteiger partial charge in [-0.2, -0.15) is 0 Å². The molecule has 0 saturated carbocycles. The summed E-state index contributed by atoms with van der Waals surface area (Å²) >= 11 is 1.51.